The lowest BCUT2D eigenvalue weighted by Gasteiger charge is -2.32. The molecule has 4 heterocycles. The van der Waals surface area contributed by atoms with Gasteiger partial charge in [0, 0.05) is 23.5 Å². The van der Waals surface area contributed by atoms with E-state index in [1.807, 2.05) is 36.4 Å². The number of aliphatic imine (C=N–C) groups is 1. The first-order valence-corrected chi connectivity index (χ1v) is 7.79. The molecule has 7 nitrogen and oxygen atoms in total. The Bertz CT molecular complexity index is 1010. The maximum absolute atomic E-state index is 6.03. The largest absolute Gasteiger partial charge is 0.462 e. The molecule has 2 aromatic heterocycles. The molecular formula is C18H13N5O2. The molecule has 5 rings (SSSR count). The fourth-order valence-corrected chi connectivity index (χ4v) is 3.25. The second kappa shape index (κ2) is 5.01. The molecule has 0 fully saturated rings. The van der Waals surface area contributed by atoms with Crippen molar-refractivity contribution in [3.8, 4) is 22.8 Å². The fourth-order valence-electron chi connectivity index (χ4n) is 3.25. The van der Waals surface area contributed by atoms with Crippen molar-refractivity contribution in [1.29, 1.82) is 0 Å². The van der Waals surface area contributed by atoms with Gasteiger partial charge in [0.2, 0.25) is 0 Å². The van der Waals surface area contributed by atoms with Crippen molar-refractivity contribution in [2.24, 2.45) is 10.7 Å². The highest BCUT2D eigenvalue weighted by Crippen LogP contribution is 2.50. The van der Waals surface area contributed by atoms with Gasteiger partial charge in [-0.1, -0.05) is 18.2 Å². The van der Waals surface area contributed by atoms with Crippen LogP contribution in [0.3, 0.4) is 0 Å². The summed E-state index contributed by atoms with van der Waals surface area (Å²) in [5.74, 6) is 1.37. The van der Waals surface area contributed by atoms with Gasteiger partial charge in [-0.2, -0.15) is 0 Å². The molecule has 0 aliphatic carbocycles. The van der Waals surface area contributed by atoms with Crippen LogP contribution in [0.2, 0.25) is 0 Å². The van der Waals surface area contributed by atoms with Crippen LogP contribution in [-0.2, 0) is 10.3 Å². The minimum absolute atomic E-state index is 0.151. The van der Waals surface area contributed by atoms with Crippen LogP contribution in [0.1, 0.15) is 11.3 Å². The first kappa shape index (κ1) is 13.9. The Morgan fingerprint density at radius 3 is 2.64 bits per heavy atom. The highest BCUT2D eigenvalue weighted by Gasteiger charge is 2.48. The molecule has 2 aliphatic rings. The highest BCUT2D eigenvalue weighted by molar-refractivity contribution is 5.76. The van der Waals surface area contributed by atoms with Crippen LogP contribution in [0, 0.1) is 0 Å². The first-order valence-electron chi connectivity index (χ1n) is 7.79. The van der Waals surface area contributed by atoms with Gasteiger partial charge in [-0.05, 0) is 18.2 Å². The molecule has 25 heavy (non-hydrogen) atoms. The molecule has 1 atom stereocenters. The van der Waals surface area contributed by atoms with Gasteiger partial charge in [0.05, 0.1) is 5.69 Å². The minimum atomic E-state index is -0.806. The average Bonchev–Trinajstić information content (AvgIpc) is 3.05. The van der Waals surface area contributed by atoms with Crippen molar-refractivity contribution in [2.75, 3.05) is 6.61 Å². The zero-order valence-corrected chi connectivity index (χ0v) is 13.1. The molecule has 7 heteroatoms. The Morgan fingerprint density at radius 2 is 1.84 bits per heavy atom. The van der Waals surface area contributed by atoms with Gasteiger partial charge >= 0.3 is 0 Å². The number of aromatic nitrogens is 3. The van der Waals surface area contributed by atoms with Gasteiger partial charge < -0.3 is 15.2 Å². The summed E-state index contributed by atoms with van der Waals surface area (Å²) in [6, 6.07) is 11.6. The van der Waals surface area contributed by atoms with Crippen molar-refractivity contribution >= 4 is 6.02 Å². The van der Waals surface area contributed by atoms with Crippen molar-refractivity contribution < 1.29 is 9.47 Å². The molecule has 3 aromatic rings. The second-order valence-electron chi connectivity index (χ2n) is 5.87. The van der Waals surface area contributed by atoms with Crippen LogP contribution >= 0.6 is 0 Å². The van der Waals surface area contributed by atoms with Gasteiger partial charge in [0.15, 0.2) is 11.3 Å². The number of ether oxygens (including phenoxy) is 2. The van der Waals surface area contributed by atoms with Crippen LogP contribution in [0.15, 0.2) is 60.1 Å². The molecule has 0 bridgehead atoms. The van der Waals surface area contributed by atoms with E-state index in [-0.39, 0.29) is 12.6 Å². The van der Waals surface area contributed by atoms with Crippen molar-refractivity contribution in [3.05, 3.63) is 66.4 Å². The lowest BCUT2D eigenvalue weighted by atomic mass is 9.84. The van der Waals surface area contributed by atoms with Crippen molar-refractivity contribution in [2.45, 2.75) is 5.54 Å². The molecule has 0 saturated carbocycles. The van der Waals surface area contributed by atoms with E-state index < -0.39 is 5.54 Å². The van der Waals surface area contributed by atoms with E-state index >= 15 is 0 Å². The molecule has 1 spiro atoms. The van der Waals surface area contributed by atoms with Gasteiger partial charge in [0.25, 0.3) is 6.02 Å². The smallest absolute Gasteiger partial charge is 0.283 e. The number of para-hydroxylation sites is 1. The van der Waals surface area contributed by atoms with E-state index in [1.165, 1.54) is 6.33 Å². The van der Waals surface area contributed by atoms with E-state index in [0.29, 0.717) is 11.4 Å². The second-order valence-corrected chi connectivity index (χ2v) is 5.87. The molecule has 1 aromatic carbocycles. The molecule has 1 unspecified atom stereocenters. The van der Waals surface area contributed by atoms with Gasteiger partial charge in [-0.25, -0.2) is 19.9 Å². The van der Waals surface area contributed by atoms with Crippen LogP contribution in [0.4, 0.5) is 0 Å². The third-order valence-electron chi connectivity index (χ3n) is 4.39. The summed E-state index contributed by atoms with van der Waals surface area (Å²) in [5.41, 5.74) is 8.15. The van der Waals surface area contributed by atoms with Crippen molar-refractivity contribution in [1.82, 2.24) is 15.0 Å². The summed E-state index contributed by atoms with van der Waals surface area (Å²) in [4.78, 5) is 17.5. The Kier molecular flexibility index (Phi) is 2.79. The Morgan fingerprint density at radius 1 is 1.00 bits per heavy atom. The number of rotatable bonds is 1. The zero-order chi connectivity index (χ0) is 16.9. The van der Waals surface area contributed by atoms with Crippen LogP contribution < -0.4 is 10.5 Å². The SMILES string of the molecule is NC1=NC2(CO1)c1ccccc1Oc1ccc(-c3cncnc3)nc12. The molecule has 2 N–H and O–H groups in total. The molecule has 0 radical (unpaired) electrons. The quantitative estimate of drug-likeness (QED) is 0.734. The maximum Gasteiger partial charge on any atom is 0.283 e. The molecular weight excluding hydrogens is 318 g/mol. The van der Waals surface area contributed by atoms with Crippen LogP contribution in [-0.4, -0.2) is 27.6 Å². The summed E-state index contributed by atoms with van der Waals surface area (Å²) in [7, 11) is 0. The minimum Gasteiger partial charge on any atom is -0.462 e. The standard InChI is InChI=1S/C18H13N5O2/c19-17-23-18(9-24-17)12-3-1-2-4-14(12)25-15-6-5-13(22-16(15)18)11-7-20-10-21-8-11/h1-8,10H,9H2,(H2,19,23). The van der Waals surface area contributed by atoms with Crippen LogP contribution in [0.5, 0.6) is 11.5 Å². The van der Waals surface area contributed by atoms with E-state index in [2.05, 4.69) is 15.0 Å². The van der Waals surface area contributed by atoms with E-state index in [9.17, 15) is 0 Å². The summed E-state index contributed by atoms with van der Waals surface area (Å²) in [6.07, 6.45) is 4.92. The third kappa shape index (κ3) is 1.99. The topological polar surface area (TPSA) is 95.5 Å². The van der Waals surface area contributed by atoms with Crippen molar-refractivity contribution in [3.63, 3.8) is 0 Å². The summed E-state index contributed by atoms with van der Waals surface area (Å²) < 4.78 is 11.5. The number of amidine groups is 1. The highest BCUT2D eigenvalue weighted by atomic mass is 16.5. The van der Waals surface area contributed by atoms with E-state index in [4.69, 9.17) is 20.2 Å². The maximum atomic E-state index is 6.03. The number of hydrogen-bond acceptors (Lipinski definition) is 7. The summed E-state index contributed by atoms with van der Waals surface area (Å²) in [6.45, 7) is 0.286. The van der Waals surface area contributed by atoms with Gasteiger partial charge in [0.1, 0.15) is 24.4 Å². The van der Waals surface area contributed by atoms with E-state index in [0.717, 1.165) is 22.6 Å². The number of benzene rings is 1. The molecule has 0 saturated heterocycles. The monoisotopic (exact) mass is 331 g/mol. The third-order valence-corrected chi connectivity index (χ3v) is 4.39. The molecule has 2 aliphatic heterocycles. The number of nitrogens with two attached hydrogens (primary N) is 1. The summed E-state index contributed by atoms with van der Waals surface area (Å²) >= 11 is 0. The number of hydrogen-bond donors (Lipinski definition) is 1. The average molecular weight is 331 g/mol. The van der Waals surface area contributed by atoms with Crippen LogP contribution in [0.25, 0.3) is 11.3 Å². The Labute approximate surface area is 143 Å². The number of fused-ring (bicyclic) bond motifs is 4. The predicted molar refractivity (Wildman–Crippen MR) is 90.1 cm³/mol. The van der Waals surface area contributed by atoms with Gasteiger partial charge in [-0.15, -0.1) is 0 Å². The number of pyridine rings is 1. The fraction of sp³-hybridized carbons (Fsp3) is 0.111. The van der Waals surface area contributed by atoms with Gasteiger partial charge in [-0.3, -0.25) is 0 Å². The lowest BCUT2D eigenvalue weighted by Crippen LogP contribution is -2.32. The lowest BCUT2D eigenvalue weighted by molar-refractivity contribution is 0.260. The normalized spacial score (nSPS) is 20.2. The number of nitrogens with zero attached hydrogens (tertiary/aromatic N) is 4. The predicted octanol–water partition coefficient (Wildman–Crippen LogP) is 2.23. The zero-order valence-electron chi connectivity index (χ0n) is 13.1. The van der Waals surface area contributed by atoms with E-state index in [1.54, 1.807) is 12.4 Å². The Balaban J connectivity index is 1.75. The molecule has 122 valence electrons. The molecule has 0 amide bonds. The summed E-state index contributed by atoms with van der Waals surface area (Å²) in [5, 5.41) is 0. The Hall–Kier alpha value is -3.48. The first-order chi connectivity index (χ1) is 12.3.